The van der Waals surface area contributed by atoms with E-state index in [-0.39, 0.29) is 6.54 Å². The predicted octanol–water partition coefficient (Wildman–Crippen LogP) is 3.76. The van der Waals surface area contributed by atoms with Crippen molar-refractivity contribution in [1.29, 1.82) is 0 Å². The molecule has 1 heterocycles. The summed E-state index contributed by atoms with van der Waals surface area (Å²) in [4.78, 5) is 17.5. The highest BCUT2D eigenvalue weighted by Crippen LogP contribution is 2.19. The molecule has 0 N–H and O–H groups in total. The Morgan fingerprint density at radius 2 is 1.95 bits per heavy atom. The SMILES string of the molecule is CN(Cc1nc(-c2ccc(Cl)cc2)no1)C(=O)OC(C)(C)C. The number of hydrogen-bond donors (Lipinski definition) is 0. The second-order valence-corrected chi connectivity index (χ2v) is 6.29. The molecule has 7 heteroatoms. The maximum absolute atomic E-state index is 11.9. The molecular weight excluding hydrogens is 306 g/mol. The van der Waals surface area contributed by atoms with Crippen molar-refractivity contribution in [3.8, 4) is 11.4 Å². The topological polar surface area (TPSA) is 68.5 Å². The summed E-state index contributed by atoms with van der Waals surface area (Å²) in [6.45, 7) is 5.60. The summed E-state index contributed by atoms with van der Waals surface area (Å²) in [5, 5.41) is 4.53. The first-order valence-electron chi connectivity index (χ1n) is 6.77. The highest BCUT2D eigenvalue weighted by Gasteiger charge is 2.21. The van der Waals surface area contributed by atoms with Gasteiger partial charge < -0.3 is 14.2 Å². The first kappa shape index (κ1) is 16.3. The molecule has 0 aliphatic heterocycles. The van der Waals surface area contributed by atoms with Crippen molar-refractivity contribution in [2.24, 2.45) is 0 Å². The summed E-state index contributed by atoms with van der Waals surface area (Å²) >= 11 is 5.84. The first-order chi connectivity index (χ1) is 10.2. The number of nitrogens with zero attached hydrogens (tertiary/aromatic N) is 3. The third-order valence-electron chi connectivity index (χ3n) is 2.65. The van der Waals surface area contributed by atoms with Crippen LogP contribution in [0.2, 0.25) is 5.02 Å². The Morgan fingerprint density at radius 3 is 2.55 bits per heavy atom. The Bertz CT molecular complexity index is 647. The molecule has 0 atom stereocenters. The van der Waals surface area contributed by atoms with Crippen molar-refractivity contribution in [2.45, 2.75) is 32.9 Å². The van der Waals surface area contributed by atoms with Gasteiger partial charge in [-0.1, -0.05) is 16.8 Å². The van der Waals surface area contributed by atoms with Crippen LogP contribution in [-0.4, -0.2) is 33.8 Å². The fourth-order valence-electron chi connectivity index (χ4n) is 1.64. The summed E-state index contributed by atoms with van der Waals surface area (Å²) in [5.74, 6) is 0.780. The highest BCUT2D eigenvalue weighted by molar-refractivity contribution is 6.30. The minimum atomic E-state index is -0.547. The lowest BCUT2D eigenvalue weighted by Gasteiger charge is -2.23. The van der Waals surface area contributed by atoms with Crippen molar-refractivity contribution in [3.05, 3.63) is 35.2 Å². The maximum atomic E-state index is 11.9. The molecule has 0 radical (unpaired) electrons. The minimum absolute atomic E-state index is 0.176. The smallest absolute Gasteiger partial charge is 0.410 e. The lowest BCUT2D eigenvalue weighted by molar-refractivity contribution is 0.0268. The van der Waals surface area contributed by atoms with Gasteiger partial charge in [-0.3, -0.25) is 0 Å². The van der Waals surface area contributed by atoms with E-state index in [1.165, 1.54) is 4.90 Å². The summed E-state index contributed by atoms with van der Waals surface area (Å²) in [6.07, 6.45) is -0.446. The van der Waals surface area contributed by atoms with E-state index < -0.39 is 11.7 Å². The lowest BCUT2D eigenvalue weighted by Crippen LogP contribution is -2.33. The second-order valence-electron chi connectivity index (χ2n) is 5.86. The Morgan fingerprint density at radius 1 is 1.32 bits per heavy atom. The van der Waals surface area contributed by atoms with Crippen molar-refractivity contribution >= 4 is 17.7 Å². The van der Waals surface area contributed by atoms with Gasteiger partial charge in [0.2, 0.25) is 11.7 Å². The van der Waals surface area contributed by atoms with Crippen LogP contribution in [0.3, 0.4) is 0 Å². The molecular formula is C15H18ClN3O3. The van der Waals surface area contributed by atoms with E-state index in [1.54, 1.807) is 31.3 Å². The van der Waals surface area contributed by atoms with Crippen LogP contribution >= 0.6 is 11.6 Å². The van der Waals surface area contributed by atoms with Crippen molar-refractivity contribution in [1.82, 2.24) is 15.0 Å². The first-order valence-corrected chi connectivity index (χ1v) is 7.15. The van der Waals surface area contributed by atoms with Gasteiger partial charge in [0.05, 0.1) is 0 Å². The molecule has 22 heavy (non-hydrogen) atoms. The molecule has 1 amide bonds. The minimum Gasteiger partial charge on any atom is -0.444 e. The number of rotatable bonds is 3. The Hall–Kier alpha value is -2.08. The van der Waals surface area contributed by atoms with Crippen LogP contribution in [0.1, 0.15) is 26.7 Å². The average Bonchev–Trinajstić information content (AvgIpc) is 2.86. The molecule has 0 aliphatic carbocycles. The van der Waals surface area contributed by atoms with Crippen molar-refractivity contribution in [3.63, 3.8) is 0 Å². The molecule has 1 aromatic heterocycles. The van der Waals surface area contributed by atoms with Gasteiger partial charge in [0.1, 0.15) is 12.1 Å². The van der Waals surface area contributed by atoms with Crippen LogP contribution < -0.4 is 0 Å². The van der Waals surface area contributed by atoms with Gasteiger partial charge >= 0.3 is 6.09 Å². The molecule has 0 fully saturated rings. The molecule has 0 unspecified atom stereocenters. The van der Waals surface area contributed by atoms with Crippen molar-refractivity contribution < 1.29 is 14.1 Å². The van der Waals surface area contributed by atoms with E-state index in [0.717, 1.165) is 5.56 Å². The number of carbonyl (C=O) groups is 1. The number of benzene rings is 1. The maximum Gasteiger partial charge on any atom is 0.410 e. The highest BCUT2D eigenvalue weighted by atomic mass is 35.5. The number of aromatic nitrogens is 2. The summed E-state index contributed by atoms with van der Waals surface area (Å²) in [6, 6.07) is 7.10. The number of hydrogen-bond acceptors (Lipinski definition) is 5. The molecule has 6 nitrogen and oxygen atoms in total. The van der Waals surface area contributed by atoms with Crippen LogP contribution in [0.15, 0.2) is 28.8 Å². The number of amides is 1. The van der Waals surface area contributed by atoms with Crippen LogP contribution in [0, 0.1) is 0 Å². The molecule has 0 bridgehead atoms. The fourth-order valence-corrected chi connectivity index (χ4v) is 1.77. The zero-order valence-corrected chi connectivity index (χ0v) is 13.7. The molecule has 118 valence electrons. The van der Waals surface area contributed by atoms with E-state index in [9.17, 15) is 4.79 Å². The molecule has 0 saturated heterocycles. The summed E-state index contributed by atoms with van der Waals surface area (Å²) in [7, 11) is 1.61. The third kappa shape index (κ3) is 4.46. The van der Waals surface area contributed by atoms with Gasteiger partial charge in [-0.25, -0.2) is 4.79 Å². The molecule has 0 aliphatic rings. The predicted molar refractivity (Wildman–Crippen MR) is 82.4 cm³/mol. The molecule has 0 saturated carbocycles. The molecule has 2 rings (SSSR count). The van der Waals surface area contributed by atoms with Crippen LogP contribution in [0.4, 0.5) is 4.79 Å². The van der Waals surface area contributed by atoms with Gasteiger partial charge in [0, 0.05) is 17.6 Å². The van der Waals surface area contributed by atoms with Gasteiger partial charge in [-0.2, -0.15) is 4.98 Å². The van der Waals surface area contributed by atoms with E-state index in [4.69, 9.17) is 20.9 Å². The second kappa shape index (κ2) is 6.36. The molecule has 1 aromatic carbocycles. The van der Waals surface area contributed by atoms with Crippen LogP contribution in [0.25, 0.3) is 11.4 Å². The lowest BCUT2D eigenvalue weighted by atomic mass is 10.2. The quantitative estimate of drug-likeness (QED) is 0.860. The summed E-state index contributed by atoms with van der Waals surface area (Å²) in [5.41, 5.74) is 0.244. The summed E-state index contributed by atoms with van der Waals surface area (Å²) < 4.78 is 10.4. The van der Waals surface area contributed by atoms with E-state index in [1.807, 2.05) is 20.8 Å². The van der Waals surface area contributed by atoms with E-state index >= 15 is 0 Å². The Labute approximate surface area is 134 Å². The normalized spacial score (nSPS) is 11.3. The van der Waals surface area contributed by atoms with Gasteiger partial charge in [-0.05, 0) is 45.0 Å². The largest absolute Gasteiger partial charge is 0.444 e. The fraction of sp³-hybridized carbons (Fsp3) is 0.400. The third-order valence-corrected chi connectivity index (χ3v) is 2.90. The number of carbonyl (C=O) groups excluding carboxylic acids is 1. The average molecular weight is 324 g/mol. The standard InChI is InChI=1S/C15H18ClN3O3/c1-15(2,3)21-14(20)19(4)9-12-17-13(18-22-12)10-5-7-11(16)8-6-10/h5-8H,9H2,1-4H3. The van der Waals surface area contributed by atoms with Crippen LogP contribution in [-0.2, 0) is 11.3 Å². The molecule has 0 spiro atoms. The monoisotopic (exact) mass is 323 g/mol. The Kier molecular flexibility index (Phi) is 4.71. The van der Waals surface area contributed by atoms with Gasteiger partial charge in [0.15, 0.2) is 0 Å². The van der Waals surface area contributed by atoms with Gasteiger partial charge in [-0.15, -0.1) is 0 Å². The zero-order valence-electron chi connectivity index (χ0n) is 13.0. The van der Waals surface area contributed by atoms with Gasteiger partial charge in [0.25, 0.3) is 0 Å². The van der Waals surface area contributed by atoms with E-state index in [2.05, 4.69) is 10.1 Å². The van der Waals surface area contributed by atoms with Crippen LogP contribution in [0.5, 0.6) is 0 Å². The van der Waals surface area contributed by atoms with E-state index in [0.29, 0.717) is 16.7 Å². The van der Waals surface area contributed by atoms with Crippen molar-refractivity contribution in [2.75, 3.05) is 7.05 Å². The number of halogens is 1. The molecule has 2 aromatic rings. The zero-order chi connectivity index (χ0) is 16.3. The Balaban J connectivity index is 2.03. The number of ether oxygens (including phenoxy) is 1.